The van der Waals surface area contributed by atoms with Crippen LogP contribution in [0.4, 0.5) is 5.69 Å². The van der Waals surface area contributed by atoms with Gasteiger partial charge in [0.1, 0.15) is 0 Å². The molecule has 0 spiro atoms. The van der Waals surface area contributed by atoms with Crippen LogP contribution >= 0.6 is 0 Å². The van der Waals surface area contributed by atoms with Crippen LogP contribution in [-0.2, 0) is 10.2 Å². The van der Waals surface area contributed by atoms with Gasteiger partial charge in [-0.15, -0.1) is 0 Å². The summed E-state index contributed by atoms with van der Waals surface area (Å²) in [5.41, 5.74) is 11.6. The van der Waals surface area contributed by atoms with Crippen LogP contribution in [0.1, 0.15) is 16.1 Å². The molecule has 0 bridgehead atoms. The summed E-state index contributed by atoms with van der Waals surface area (Å²) in [5, 5.41) is 9.60. The molecule has 9 heteroatoms. The SMILES string of the molecule is Cc1cc(-c2ccc(-c3ccc(C(N)=O)cc3)cc2)n(-c2ccc(NS(N)(=O)=O)cc2)n1. The number of aromatic nitrogens is 2. The third kappa shape index (κ3) is 4.69. The first kappa shape index (κ1) is 21.3. The quantitative estimate of drug-likeness (QED) is 0.418. The predicted octanol–water partition coefficient (Wildman–Crippen LogP) is 3.23. The smallest absolute Gasteiger partial charge is 0.296 e. The second-order valence-electron chi connectivity index (χ2n) is 7.30. The molecule has 0 aliphatic carbocycles. The minimum atomic E-state index is -3.83. The normalized spacial score (nSPS) is 11.3. The molecule has 0 radical (unpaired) electrons. The number of nitrogens with one attached hydrogen (secondary N) is 1. The first-order chi connectivity index (χ1) is 15.2. The van der Waals surface area contributed by atoms with Crippen LogP contribution in [0, 0.1) is 6.92 Å². The van der Waals surface area contributed by atoms with Gasteiger partial charge >= 0.3 is 0 Å². The molecular weight excluding hydrogens is 426 g/mol. The largest absolute Gasteiger partial charge is 0.366 e. The number of benzene rings is 3. The van der Waals surface area contributed by atoms with E-state index in [0.717, 1.165) is 33.8 Å². The van der Waals surface area contributed by atoms with Gasteiger partial charge in [-0.1, -0.05) is 36.4 Å². The van der Waals surface area contributed by atoms with E-state index in [1.165, 1.54) is 0 Å². The Kier molecular flexibility index (Phi) is 5.52. The Bertz CT molecular complexity index is 1380. The Balaban J connectivity index is 1.63. The number of nitrogens with two attached hydrogens (primary N) is 2. The fourth-order valence-electron chi connectivity index (χ4n) is 3.40. The summed E-state index contributed by atoms with van der Waals surface area (Å²) in [6.45, 7) is 1.91. The monoisotopic (exact) mass is 447 g/mol. The van der Waals surface area contributed by atoms with Crippen LogP contribution in [0.3, 0.4) is 0 Å². The minimum absolute atomic E-state index is 0.369. The lowest BCUT2D eigenvalue weighted by molar-refractivity contribution is 0.100. The van der Waals surface area contributed by atoms with E-state index >= 15 is 0 Å². The molecule has 0 saturated carbocycles. The van der Waals surface area contributed by atoms with Crippen LogP contribution in [0.25, 0.3) is 28.1 Å². The predicted molar refractivity (Wildman–Crippen MR) is 124 cm³/mol. The summed E-state index contributed by atoms with van der Waals surface area (Å²) in [6, 6.07) is 23.9. The molecule has 0 aliphatic rings. The van der Waals surface area contributed by atoms with Gasteiger partial charge in [-0.2, -0.15) is 13.5 Å². The third-order valence-corrected chi connectivity index (χ3v) is 5.41. The zero-order chi connectivity index (χ0) is 22.9. The number of hydrogen-bond donors (Lipinski definition) is 3. The van der Waals surface area contributed by atoms with Crippen LogP contribution in [0.15, 0.2) is 78.9 Å². The molecule has 8 nitrogen and oxygen atoms in total. The fraction of sp³-hybridized carbons (Fsp3) is 0.0435. The lowest BCUT2D eigenvalue weighted by Gasteiger charge is -2.10. The van der Waals surface area contributed by atoms with E-state index in [9.17, 15) is 13.2 Å². The molecule has 0 aliphatic heterocycles. The number of amides is 1. The molecule has 1 amide bonds. The number of primary amides is 1. The summed E-state index contributed by atoms with van der Waals surface area (Å²) in [4.78, 5) is 11.3. The van der Waals surface area contributed by atoms with Gasteiger partial charge < -0.3 is 5.73 Å². The molecule has 1 heterocycles. The Morgan fingerprint density at radius 1 is 0.875 bits per heavy atom. The van der Waals surface area contributed by atoms with Crippen LogP contribution < -0.4 is 15.6 Å². The van der Waals surface area contributed by atoms with Crippen LogP contribution in [-0.4, -0.2) is 24.1 Å². The van der Waals surface area contributed by atoms with E-state index in [-0.39, 0.29) is 0 Å². The van der Waals surface area contributed by atoms with Crippen molar-refractivity contribution in [3.63, 3.8) is 0 Å². The molecule has 4 rings (SSSR count). The molecule has 162 valence electrons. The van der Waals surface area contributed by atoms with E-state index in [2.05, 4.69) is 9.82 Å². The van der Waals surface area contributed by atoms with Crippen molar-refractivity contribution < 1.29 is 13.2 Å². The van der Waals surface area contributed by atoms with E-state index in [1.807, 2.05) is 49.4 Å². The molecule has 1 aromatic heterocycles. The van der Waals surface area contributed by atoms with Crippen molar-refractivity contribution in [2.75, 3.05) is 4.72 Å². The number of aryl methyl sites for hydroxylation is 1. The molecular formula is C23H21N5O3S. The highest BCUT2D eigenvalue weighted by Crippen LogP contribution is 2.28. The number of rotatable bonds is 6. The van der Waals surface area contributed by atoms with Gasteiger partial charge in [-0.25, -0.2) is 9.82 Å². The molecule has 0 unspecified atom stereocenters. The number of anilines is 1. The van der Waals surface area contributed by atoms with Crippen molar-refractivity contribution >= 4 is 21.8 Å². The van der Waals surface area contributed by atoms with Crippen LogP contribution in [0.5, 0.6) is 0 Å². The molecule has 0 fully saturated rings. The topological polar surface area (TPSA) is 133 Å². The van der Waals surface area contributed by atoms with Crippen molar-refractivity contribution in [3.05, 3.63) is 90.1 Å². The average Bonchev–Trinajstić information content (AvgIpc) is 3.15. The highest BCUT2D eigenvalue weighted by atomic mass is 32.2. The molecule has 4 aromatic rings. The lowest BCUT2D eigenvalue weighted by Crippen LogP contribution is -2.21. The van der Waals surface area contributed by atoms with E-state index in [1.54, 1.807) is 41.1 Å². The Hall–Kier alpha value is -3.95. The van der Waals surface area contributed by atoms with Gasteiger partial charge in [0.25, 0.3) is 10.2 Å². The van der Waals surface area contributed by atoms with E-state index in [4.69, 9.17) is 10.9 Å². The van der Waals surface area contributed by atoms with Gasteiger partial charge in [-0.05, 0) is 60.5 Å². The second kappa shape index (κ2) is 8.29. The Labute approximate surface area is 185 Å². The maximum Gasteiger partial charge on any atom is 0.296 e. The maximum atomic E-state index is 11.3. The van der Waals surface area contributed by atoms with Gasteiger partial charge in [-0.3, -0.25) is 9.52 Å². The number of hydrogen-bond acceptors (Lipinski definition) is 4. The average molecular weight is 448 g/mol. The van der Waals surface area contributed by atoms with E-state index < -0.39 is 16.1 Å². The van der Waals surface area contributed by atoms with Gasteiger partial charge in [0, 0.05) is 16.8 Å². The lowest BCUT2D eigenvalue weighted by atomic mass is 10.0. The van der Waals surface area contributed by atoms with Crippen LogP contribution in [0.2, 0.25) is 0 Å². The summed E-state index contributed by atoms with van der Waals surface area (Å²) >= 11 is 0. The summed E-state index contributed by atoms with van der Waals surface area (Å²) in [5.74, 6) is -0.455. The standard InChI is InChI=1S/C23H21N5O3S/c1-15-14-22(28(26-15)21-12-10-20(11-13-21)27-32(25,30)31)18-6-2-16(3-7-18)17-4-8-19(9-5-17)23(24)29/h2-14,27H,1H3,(H2,24,29)(H2,25,30,31). The molecule has 32 heavy (non-hydrogen) atoms. The second-order valence-corrected chi connectivity index (χ2v) is 8.59. The molecule has 0 saturated heterocycles. The van der Waals surface area contributed by atoms with Crippen molar-refractivity contribution in [1.29, 1.82) is 0 Å². The van der Waals surface area contributed by atoms with E-state index in [0.29, 0.717) is 11.3 Å². The van der Waals surface area contributed by atoms with Crippen molar-refractivity contribution in [2.45, 2.75) is 6.92 Å². The van der Waals surface area contributed by atoms with Crippen molar-refractivity contribution in [1.82, 2.24) is 9.78 Å². The van der Waals surface area contributed by atoms with Crippen molar-refractivity contribution in [2.24, 2.45) is 10.9 Å². The Morgan fingerprint density at radius 3 is 1.94 bits per heavy atom. The first-order valence-corrected chi connectivity index (χ1v) is 11.2. The summed E-state index contributed by atoms with van der Waals surface area (Å²) in [6.07, 6.45) is 0. The van der Waals surface area contributed by atoms with Gasteiger partial charge in [0.2, 0.25) is 5.91 Å². The highest BCUT2D eigenvalue weighted by molar-refractivity contribution is 7.90. The first-order valence-electron chi connectivity index (χ1n) is 9.68. The van der Waals surface area contributed by atoms with Gasteiger partial charge in [0.15, 0.2) is 0 Å². The maximum absolute atomic E-state index is 11.3. The summed E-state index contributed by atoms with van der Waals surface area (Å²) < 4.78 is 26.4. The fourth-order valence-corrected chi connectivity index (χ4v) is 3.86. The zero-order valence-electron chi connectivity index (χ0n) is 17.2. The zero-order valence-corrected chi connectivity index (χ0v) is 18.0. The molecule has 3 aromatic carbocycles. The number of carbonyl (C=O) groups is 1. The third-order valence-electron chi connectivity index (χ3n) is 4.89. The highest BCUT2D eigenvalue weighted by Gasteiger charge is 2.11. The number of nitrogens with zero attached hydrogens (tertiary/aromatic N) is 2. The summed E-state index contributed by atoms with van der Waals surface area (Å²) in [7, 11) is -3.83. The minimum Gasteiger partial charge on any atom is -0.366 e. The number of carbonyl (C=O) groups excluding carboxylic acids is 1. The Morgan fingerprint density at radius 2 is 1.41 bits per heavy atom. The molecule has 5 N–H and O–H groups in total. The molecule has 0 atom stereocenters. The van der Waals surface area contributed by atoms with Gasteiger partial charge in [0.05, 0.1) is 17.1 Å². The van der Waals surface area contributed by atoms with Crippen molar-refractivity contribution in [3.8, 4) is 28.1 Å².